The van der Waals surface area contributed by atoms with Crippen LogP contribution in [0.15, 0.2) is 127 Å². The van der Waals surface area contributed by atoms with E-state index >= 15 is 0 Å². The average Bonchev–Trinajstić information content (AvgIpc) is 3.30. The summed E-state index contributed by atoms with van der Waals surface area (Å²) in [5, 5.41) is 5.18. The molecule has 1 nitrogen and oxygen atoms in total. The maximum absolute atomic E-state index is 2.48. The number of aromatic nitrogens is 1. The van der Waals surface area contributed by atoms with Crippen LogP contribution in [0.2, 0.25) is 0 Å². The first kappa shape index (κ1) is 21.5. The average molecular weight is 486 g/mol. The second-order valence-electron chi connectivity index (χ2n) is 11.1. The molecule has 0 saturated heterocycles. The molecule has 0 spiro atoms. The maximum atomic E-state index is 2.48. The van der Waals surface area contributed by atoms with Gasteiger partial charge in [0.05, 0.1) is 16.7 Å². The molecular formula is C37H27N. The number of benzene rings is 6. The van der Waals surface area contributed by atoms with Crippen molar-refractivity contribution in [2.24, 2.45) is 0 Å². The fraction of sp³-hybridized carbons (Fsp3) is 0.0811. The molecule has 0 atom stereocenters. The van der Waals surface area contributed by atoms with Crippen molar-refractivity contribution in [3.63, 3.8) is 0 Å². The molecule has 0 aliphatic carbocycles. The van der Waals surface area contributed by atoms with E-state index in [2.05, 4.69) is 146 Å². The van der Waals surface area contributed by atoms with E-state index in [0.29, 0.717) is 0 Å². The predicted octanol–water partition coefficient (Wildman–Crippen LogP) is 9.91. The molecule has 6 aromatic carbocycles. The van der Waals surface area contributed by atoms with Crippen LogP contribution in [0.25, 0.3) is 60.5 Å². The molecular weight excluding hydrogens is 458 g/mol. The zero-order valence-corrected chi connectivity index (χ0v) is 21.6. The van der Waals surface area contributed by atoms with E-state index in [1.54, 1.807) is 0 Å². The molecule has 1 aliphatic heterocycles. The molecule has 0 radical (unpaired) electrons. The molecule has 8 rings (SSSR count). The summed E-state index contributed by atoms with van der Waals surface area (Å²) in [6.45, 7) is 4.71. The molecule has 7 aromatic rings. The molecule has 0 saturated carbocycles. The van der Waals surface area contributed by atoms with Gasteiger partial charge in [0, 0.05) is 16.2 Å². The summed E-state index contributed by atoms with van der Waals surface area (Å²) < 4.78 is 2.48. The van der Waals surface area contributed by atoms with Crippen molar-refractivity contribution in [2.45, 2.75) is 19.3 Å². The van der Waals surface area contributed by atoms with E-state index in [9.17, 15) is 0 Å². The maximum Gasteiger partial charge on any atom is 0.0582 e. The lowest BCUT2D eigenvalue weighted by Crippen LogP contribution is -2.26. The third-order valence-corrected chi connectivity index (χ3v) is 8.56. The minimum absolute atomic E-state index is 0.0442. The van der Waals surface area contributed by atoms with Crippen LogP contribution in [0, 0.1) is 0 Å². The van der Waals surface area contributed by atoms with Gasteiger partial charge in [-0.2, -0.15) is 0 Å². The van der Waals surface area contributed by atoms with Gasteiger partial charge in [0.1, 0.15) is 0 Å². The zero-order valence-electron chi connectivity index (χ0n) is 21.6. The van der Waals surface area contributed by atoms with Gasteiger partial charge in [0.15, 0.2) is 0 Å². The van der Waals surface area contributed by atoms with Crippen LogP contribution in [0.4, 0.5) is 0 Å². The van der Waals surface area contributed by atoms with E-state index in [0.717, 1.165) is 0 Å². The van der Waals surface area contributed by atoms with Gasteiger partial charge in [-0.15, -0.1) is 0 Å². The number of hydrogen-bond acceptors (Lipinski definition) is 0. The van der Waals surface area contributed by atoms with Gasteiger partial charge in [0.25, 0.3) is 0 Å². The Labute approximate surface area is 222 Å². The molecule has 0 amide bonds. The lowest BCUT2D eigenvalue weighted by Gasteiger charge is -2.34. The third kappa shape index (κ3) is 2.93. The summed E-state index contributed by atoms with van der Waals surface area (Å²) in [6, 6.07) is 46.9. The Morgan fingerprint density at radius 2 is 1.13 bits per heavy atom. The van der Waals surface area contributed by atoms with E-state index in [1.165, 1.54) is 71.6 Å². The van der Waals surface area contributed by atoms with Gasteiger partial charge in [-0.3, -0.25) is 0 Å². The molecule has 0 N–H and O–H groups in total. The number of rotatable bonds is 2. The summed E-state index contributed by atoms with van der Waals surface area (Å²) in [6.07, 6.45) is 0. The topological polar surface area (TPSA) is 4.93 Å². The minimum Gasteiger partial charge on any atom is -0.309 e. The molecule has 1 heteroatoms. The molecule has 0 unspecified atom stereocenters. The first-order valence-corrected chi connectivity index (χ1v) is 13.4. The molecule has 180 valence electrons. The van der Waals surface area contributed by atoms with E-state index < -0.39 is 0 Å². The number of nitrogens with zero attached hydrogens (tertiary/aromatic N) is 1. The number of hydrogen-bond donors (Lipinski definition) is 0. The number of fused-ring (bicyclic) bond motifs is 6. The van der Waals surface area contributed by atoms with Gasteiger partial charge in [-0.1, -0.05) is 111 Å². The standard InChI is InChI=1S/C37H27N/c1-37(2)32-14-5-6-16-35(32)38-34-20-19-29(23-31(34)30-13-8-15-33(37)36(30)38)27-12-7-11-26(22-27)28-18-17-24-9-3-4-10-25(24)21-28/h3-23H,1-2H3. The Balaban J connectivity index is 1.33. The Morgan fingerprint density at radius 1 is 0.474 bits per heavy atom. The van der Waals surface area contributed by atoms with Crippen LogP contribution in [0.3, 0.4) is 0 Å². The Kier molecular flexibility index (Phi) is 4.35. The first-order chi connectivity index (χ1) is 18.6. The van der Waals surface area contributed by atoms with Gasteiger partial charge in [-0.25, -0.2) is 0 Å². The van der Waals surface area contributed by atoms with Crippen molar-refractivity contribution < 1.29 is 0 Å². The fourth-order valence-corrected chi connectivity index (χ4v) is 6.59. The second kappa shape index (κ2) is 7.69. The minimum atomic E-state index is -0.0442. The normalized spacial score (nSPS) is 13.7. The van der Waals surface area contributed by atoms with Crippen LogP contribution in [-0.4, -0.2) is 4.57 Å². The van der Waals surface area contributed by atoms with Crippen molar-refractivity contribution in [1.29, 1.82) is 0 Å². The van der Waals surface area contributed by atoms with Crippen LogP contribution in [-0.2, 0) is 5.41 Å². The van der Waals surface area contributed by atoms with Crippen LogP contribution in [0.5, 0.6) is 0 Å². The van der Waals surface area contributed by atoms with E-state index in [-0.39, 0.29) is 5.41 Å². The zero-order chi connectivity index (χ0) is 25.4. The van der Waals surface area contributed by atoms with E-state index in [1.807, 2.05) is 0 Å². The Hall–Kier alpha value is -4.62. The molecule has 1 aromatic heterocycles. The summed E-state index contributed by atoms with van der Waals surface area (Å²) in [5.41, 5.74) is 11.6. The van der Waals surface area contributed by atoms with Gasteiger partial charge >= 0.3 is 0 Å². The largest absolute Gasteiger partial charge is 0.309 e. The summed E-state index contributed by atoms with van der Waals surface area (Å²) in [7, 11) is 0. The SMILES string of the molecule is CC1(C)c2ccccc2-n2c3ccc(-c4cccc(-c5ccc6ccccc6c5)c4)cc3c3cccc1c32. The van der Waals surface area contributed by atoms with Crippen molar-refractivity contribution in [1.82, 2.24) is 4.57 Å². The lowest BCUT2D eigenvalue weighted by atomic mass is 9.75. The highest BCUT2D eigenvalue weighted by molar-refractivity contribution is 6.12. The fourth-order valence-electron chi connectivity index (χ4n) is 6.59. The highest BCUT2D eigenvalue weighted by atomic mass is 15.0. The van der Waals surface area contributed by atoms with Crippen LogP contribution < -0.4 is 0 Å². The lowest BCUT2D eigenvalue weighted by molar-refractivity contribution is 0.630. The van der Waals surface area contributed by atoms with Crippen molar-refractivity contribution in [3.05, 3.63) is 139 Å². The van der Waals surface area contributed by atoms with Gasteiger partial charge in [-0.05, 0) is 74.5 Å². The predicted molar refractivity (Wildman–Crippen MR) is 161 cm³/mol. The third-order valence-electron chi connectivity index (χ3n) is 8.56. The molecule has 2 heterocycles. The first-order valence-electron chi connectivity index (χ1n) is 13.4. The monoisotopic (exact) mass is 485 g/mol. The molecule has 1 aliphatic rings. The molecule has 0 bridgehead atoms. The van der Waals surface area contributed by atoms with Gasteiger partial charge < -0.3 is 4.57 Å². The van der Waals surface area contributed by atoms with Crippen molar-refractivity contribution in [2.75, 3.05) is 0 Å². The molecule has 0 fully saturated rings. The summed E-state index contributed by atoms with van der Waals surface area (Å²) in [5.74, 6) is 0. The smallest absolute Gasteiger partial charge is 0.0582 e. The summed E-state index contributed by atoms with van der Waals surface area (Å²) >= 11 is 0. The Bertz CT molecular complexity index is 2050. The van der Waals surface area contributed by atoms with Crippen LogP contribution >= 0.6 is 0 Å². The molecule has 38 heavy (non-hydrogen) atoms. The van der Waals surface area contributed by atoms with E-state index in [4.69, 9.17) is 0 Å². The quantitative estimate of drug-likeness (QED) is 0.230. The number of para-hydroxylation sites is 2. The Morgan fingerprint density at radius 3 is 2.00 bits per heavy atom. The van der Waals surface area contributed by atoms with Crippen molar-refractivity contribution in [3.8, 4) is 27.9 Å². The summed E-state index contributed by atoms with van der Waals surface area (Å²) in [4.78, 5) is 0. The highest BCUT2D eigenvalue weighted by Gasteiger charge is 2.34. The van der Waals surface area contributed by atoms with Crippen molar-refractivity contribution >= 4 is 32.6 Å². The highest BCUT2D eigenvalue weighted by Crippen LogP contribution is 2.47. The second-order valence-corrected chi connectivity index (χ2v) is 11.1. The van der Waals surface area contributed by atoms with Crippen LogP contribution in [0.1, 0.15) is 25.0 Å². The van der Waals surface area contributed by atoms with Gasteiger partial charge in [0.2, 0.25) is 0 Å².